The highest BCUT2D eigenvalue weighted by molar-refractivity contribution is 5.37. The molecule has 2 nitrogen and oxygen atoms in total. The summed E-state index contributed by atoms with van der Waals surface area (Å²) in [5.41, 5.74) is 1.34. The van der Waals surface area contributed by atoms with Crippen LogP contribution >= 0.6 is 0 Å². The minimum absolute atomic E-state index is 0.505. The summed E-state index contributed by atoms with van der Waals surface area (Å²) in [6.45, 7) is 2.03. The van der Waals surface area contributed by atoms with Gasteiger partial charge in [0.25, 0.3) is 0 Å². The van der Waals surface area contributed by atoms with E-state index in [2.05, 4.69) is 23.5 Å². The summed E-state index contributed by atoms with van der Waals surface area (Å²) in [5, 5.41) is 3.70. The van der Waals surface area contributed by atoms with Crippen LogP contribution in [0.15, 0.2) is 24.3 Å². The van der Waals surface area contributed by atoms with E-state index < -0.39 is 0 Å². The molecule has 0 radical (unpaired) electrons. The maximum absolute atomic E-state index is 5.66. The lowest BCUT2D eigenvalue weighted by Crippen LogP contribution is -2.33. The van der Waals surface area contributed by atoms with Crippen molar-refractivity contribution in [2.75, 3.05) is 13.2 Å². The number of ether oxygens (including phenoxy) is 1. The molecule has 1 unspecified atom stereocenters. The van der Waals surface area contributed by atoms with Gasteiger partial charge in [0, 0.05) is 18.0 Å². The van der Waals surface area contributed by atoms with Crippen LogP contribution in [-0.4, -0.2) is 13.2 Å². The van der Waals surface area contributed by atoms with E-state index in [0.29, 0.717) is 6.04 Å². The van der Waals surface area contributed by atoms with E-state index >= 15 is 0 Å². The Balaban J connectivity index is 1.66. The van der Waals surface area contributed by atoms with E-state index in [-0.39, 0.29) is 0 Å². The Morgan fingerprint density at radius 2 is 2.06 bits per heavy atom. The van der Waals surface area contributed by atoms with Gasteiger partial charge in [0.1, 0.15) is 5.75 Å². The lowest BCUT2D eigenvalue weighted by Gasteiger charge is -2.31. The molecular weight excluding hydrogens is 198 g/mol. The predicted molar refractivity (Wildman–Crippen MR) is 64.6 cm³/mol. The van der Waals surface area contributed by atoms with Gasteiger partial charge in [-0.15, -0.1) is 0 Å². The maximum atomic E-state index is 5.66. The van der Waals surface area contributed by atoms with Crippen LogP contribution in [0.2, 0.25) is 0 Å². The van der Waals surface area contributed by atoms with Crippen molar-refractivity contribution < 1.29 is 4.74 Å². The monoisotopic (exact) mass is 217 g/mol. The molecule has 2 heteroatoms. The van der Waals surface area contributed by atoms with E-state index in [0.717, 1.165) is 24.7 Å². The fourth-order valence-corrected chi connectivity index (χ4v) is 2.56. The van der Waals surface area contributed by atoms with Crippen molar-refractivity contribution >= 4 is 0 Å². The number of rotatable bonds is 3. The summed E-state index contributed by atoms with van der Waals surface area (Å²) < 4.78 is 5.66. The molecule has 0 bridgehead atoms. The Morgan fingerprint density at radius 3 is 2.88 bits per heavy atom. The molecule has 0 spiro atoms. The average molecular weight is 217 g/mol. The first-order valence-electron chi connectivity index (χ1n) is 6.38. The fraction of sp³-hybridized carbons (Fsp3) is 0.571. The molecule has 16 heavy (non-hydrogen) atoms. The van der Waals surface area contributed by atoms with Gasteiger partial charge >= 0.3 is 0 Å². The molecule has 0 saturated heterocycles. The standard InChI is InChI=1S/C14H19NO/c1-2-7-14-12(6-1)13(8-9-16-14)15-10-11-4-3-5-11/h1-2,6-7,11,13,15H,3-5,8-10H2. The minimum atomic E-state index is 0.505. The van der Waals surface area contributed by atoms with Crippen LogP contribution in [0.1, 0.15) is 37.3 Å². The van der Waals surface area contributed by atoms with Crippen molar-refractivity contribution in [1.29, 1.82) is 0 Å². The molecule has 0 aromatic heterocycles. The number of fused-ring (bicyclic) bond motifs is 1. The van der Waals surface area contributed by atoms with Gasteiger partial charge in [-0.25, -0.2) is 0 Å². The third-order valence-electron chi connectivity index (χ3n) is 3.84. The summed E-state index contributed by atoms with van der Waals surface area (Å²) in [6, 6.07) is 8.92. The van der Waals surface area contributed by atoms with Crippen molar-refractivity contribution in [3.8, 4) is 5.75 Å². The van der Waals surface area contributed by atoms with E-state index in [1.807, 2.05) is 6.07 Å². The third kappa shape index (κ3) is 1.94. The summed E-state index contributed by atoms with van der Waals surface area (Å²) in [7, 11) is 0. The van der Waals surface area contributed by atoms with Crippen molar-refractivity contribution in [1.82, 2.24) is 5.32 Å². The Morgan fingerprint density at radius 1 is 1.19 bits per heavy atom. The van der Waals surface area contributed by atoms with Gasteiger partial charge in [-0.3, -0.25) is 0 Å². The van der Waals surface area contributed by atoms with Crippen molar-refractivity contribution in [3.05, 3.63) is 29.8 Å². The molecule has 3 rings (SSSR count). The number of benzene rings is 1. The minimum Gasteiger partial charge on any atom is -0.493 e. The smallest absolute Gasteiger partial charge is 0.124 e. The van der Waals surface area contributed by atoms with Crippen molar-refractivity contribution in [2.45, 2.75) is 31.7 Å². The summed E-state index contributed by atoms with van der Waals surface area (Å²) >= 11 is 0. The summed E-state index contributed by atoms with van der Waals surface area (Å²) in [4.78, 5) is 0. The lowest BCUT2D eigenvalue weighted by molar-refractivity contribution is 0.233. The van der Waals surface area contributed by atoms with Crippen molar-refractivity contribution in [3.63, 3.8) is 0 Å². The Bertz CT molecular complexity index is 360. The molecule has 1 saturated carbocycles. The molecule has 1 N–H and O–H groups in total. The first kappa shape index (κ1) is 10.2. The molecule has 1 atom stereocenters. The molecule has 86 valence electrons. The maximum Gasteiger partial charge on any atom is 0.124 e. The molecule has 2 aliphatic rings. The van der Waals surface area contributed by atoms with Crippen LogP contribution < -0.4 is 10.1 Å². The molecular formula is C14H19NO. The largest absolute Gasteiger partial charge is 0.493 e. The Labute approximate surface area is 97.0 Å². The summed E-state index contributed by atoms with van der Waals surface area (Å²) in [6.07, 6.45) is 5.36. The lowest BCUT2D eigenvalue weighted by atomic mass is 9.85. The summed E-state index contributed by atoms with van der Waals surface area (Å²) in [5.74, 6) is 2.00. The number of nitrogens with one attached hydrogen (secondary N) is 1. The SMILES string of the molecule is c1ccc2c(c1)OCCC2NCC1CCC1. The van der Waals surface area contributed by atoms with Gasteiger partial charge in [-0.2, -0.15) is 0 Å². The van der Waals surface area contributed by atoms with Gasteiger partial charge in [0.2, 0.25) is 0 Å². The average Bonchev–Trinajstić information content (AvgIpc) is 2.27. The highest BCUT2D eigenvalue weighted by Crippen LogP contribution is 2.32. The molecule has 0 amide bonds. The molecule has 1 aromatic carbocycles. The molecule has 1 heterocycles. The quantitative estimate of drug-likeness (QED) is 0.840. The predicted octanol–water partition coefficient (Wildman–Crippen LogP) is 2.90. The second-order valence-corrected chi connectivity index (χ2v) is 4.93. The second kappa shape index (κ2) is 4.46. The van der Waals surface area contributed by atoms with E-state index in [1.54, 1.807) is 0 Å². The van der Waals surface area contributed by atoms with E-state index in [9.17, 15) is 0 Å². The van der Waals surface area contributed by atoms with Gasteiger partial charge in [-0.05, 0) is 31.4 Å². The van der Waals surface area contributed by atoms with Gasteiger partial charge in [-0.1, -0.05) is 24.6 Å². The number of para-hydroxylation sites is 1. The highest BCUT2D eigenvalue weighted by Gasteiger charge is 2.23. The topological polar surface area (TPSA) is 21.3 Å². The Hall–Kier alpha value is -1.02. The zero-order valence-electron chi connectivity index (χ0n) is 9.61. The van der Waals surface area contributed by atoms with E-state index in [4.69, 9.17) is 4.74 Å². The van der Waals surface area contributed by atoms with Crippen LogP contribution in [0.3, 0.4) is 0 Å². The van der Waals surface area contributed by atoms with Crippen molar-refractivity contribution in [2.24, 2.45) is 5.92 Å². The highest BCUT2D eigenvalue weighted by atomic mass is 16.5. The van der Waals surface area contributed by atoms with E-state index in [1.165, 1.54) is 31.4 Å². The van der Waals surface area contributed by atoms with Crippen LogP contribution in [0.5, 0.6) is 5.75 Å². The number of hydrogen-bond acceptors (Lipinski definition) is 2. The van der Waals surface area contributed by atoms with Crippen LogP contribution in [-0.2, 0) is 0 Å². The molecule has 1 aliphatic carbocycles. The molecule has 1 aliphatic heterocycles. The first-order chi connectivity index (χ1) is 7.93. The number of hydrogen-bond donors (Lipinski definition) is 1. The van der Waals surface area contributed by atoms with Gasteiger partial charge in [0.05, 0.1) is 6.61 Å². The second-order valence-electron chi connectivity index (χ2n) is 4.93. The van der Waals surface area contributed by atoms with Gasteiger partial charge < -0.3 is 10.1 Å². The normalized spacial score (nSPS) is 24.4. The molecule has 1 fully saturated rings. The van der Waals surface area contributed by atoms with Crippen LogP contribution in [0.4, 0.5) is 0 Å². The zero-order chi connectivity index (χ0) is 10.8. The Kier molecular flexibility index (Phi) is 2.83. The van der Waals surface area contributed by atoms with Crippen LogP contribution in [0.25, 0.3) is 0 Å². The molecule has 1 aromatic rings. The third-order valence-corrected chi connectivity index (χ3v) is 3.84. The zero-order valence-corrected chi connectivity index (χ0v) is 9.61. The first-order valence-corrected chi connectivity index (χ1v) is 6.38. The fourth-order valence-electron chi connectivity index (χ4n) is 2.56. The van der Waals surface area contributed by atoms with Crippen LogP contribution in [0, 0.1) is 5.92 Å². The van der Waals surface area contributed by atoms with Gasteiger partial charge in [0.15, 0.2) is 0 Å².